The summed E-state index contributed by atoms with van der Waals surface area (Å²) in [4.78, 5) is 16.0. The monoisotopic (exact) mass is 233 g/mol. The van der Waals surface area contributed by atoms with E-state index < -0.39 is 0 Å². The van der Waals surface area contributed by atoms with Crippen LogP contribution in [-0.4, -0.2) is 16.9 Å². The van der Waals surface area contributed by atoms with Gasteiger partial charge in [0.05, 0.1) is 0 Å². The lowest BCUT2D eigenvalue weighted by molar-refractivity contribution is 0.0905. The molecule has 0 saturated heterocycles. The van der Waals surface area contributed by atoms with E-state index in [4.69, 9.17) is 5.73 Å². The molecule has 1 unspecified atom stereocenters. The largest absolute Gasteiger partial charge is 0.399 e. The van der Waals surface area contributed by atoms with Crippen LogP contribution < -0.4 is 11.1 Å². The first-order chi connectivity index (χ1) is 7.99. The number of hydrogen-bond acceptors (Lipinski definition) is 3. The van der Waals surface area contributed by atoms with Gasteiger partial charge in [0.2, 0.25) is 0 Å². The molecule has 3 N–H and O–H groups in total. The van der Waals surface area contributed by atoms with E-state index in [2.05, 4.69) is 24.1 Å². The fourth-order valence-electron chi connectivity index (χ4n) is 2.40. The molecule has 1 aliphatic carbocycles. The number of rotatable bonds is 2. The Labute approximate surface area is 102 Å². The zero-order valence-corrected chi connectivity index (χ0v) is 10.4. The quantitative estimate of drug-likeness (QED) is 0.820. The van der Waals surface area contributed by atoms with Crippen LogP contribution in [-0.2, 0) is 0 Å². The van der Waals surface area contributed by atoms with Crippen molar-refractivity contribution in [1.29, 1.82) is 0 Å². The summed E-state index contributed by atoms with van der Waals surface area (Å²) in [6, 6.07) is 3.52. The Kier molecular flexibility index (Phi) is 3.05. The maximum absolute atomic E-state index is 12.0. The normalized spacial score (nSPS) is 22.4. The molecule has 17 heavy (non-hydrogen) atoms. The maximum Gasteiger partial charge on any atom is 0.270 e. The van der Waals surface area contributed by atoms with E-state index >= 15 is 0 Å². The van der Waals surface area contributed by atoms with Gasteiger partial charge in [-0.05, 0) is 30.4 Å². The Morgan fingerprint density at radius 1 is 1.59 bits per heavy atom. The van der Waals surface area contributed by atoms with Crippen LogP contribution in [0.15, 0.2) is 18.3 Å². The summed E-state index contributed by atoms with van der Waals surface area (Å²) in [7, 11) is 0. The summed E-state index contributed by atoms with van der Waals surface area (Å²) in [5.74, 6) is -0.128. The third-order valence-electron chi connectivity index (χ3n) is 3.58. The fourth-order valence-corrected chi connectivity index (χ4v) is 2.40. The third kappa shape index (κ3) is 2.57. The molecule has 0 radical (unpaired) electrons. The molecule has 4 nitrogen and oxygen atoms in total. The molecule has 1 aromatic heterocycles. The van der Waals surface area contributed by atoms with Gasteiger partial charge in [0, 0.05) is 17.9 Å². The highest BCUT2D eigenvalue weighted by molar-refractivity contribution is 5.93. The third-order valence-corrected chi connectivity index (χ3v) is 3.58. The van der Waals surface area contributed by atoms with Crippen molar-refractivity contribution in [3.8, 4) is 0 Å². The van der Waals surface area contributed by atoms with Crippen LogP contribution in [0.2, 0.25) is 0 Å². The number of amides is 1. The van der Waals surface area contributed by atoms with Crippen LogP contribution in [0.3, 0.4) is 0 Å². The molecule has 1 aliphatic rings. The van der Waals surface area contributed by atoms with E-state index in [1.54, 1.807) is 18.3 Å². The van der Waals surface area contributed by atoms with E-state index in [9.17, 15) is 4.79 Å². The predicted octanol–water partition coefficient (Wildman–Crippen LogP) is 1.97. The number of nitrogens with one attached hydrogen (secondary N) is 1. The molecule has 0 spiro atoms. The molecule has 4 heteroatoms. The van der Waals surface area contributed by atoms with Crippen molar-refractivity contribution >= 4 is 11.6 Å². The summed E-state index contributed by atoms with van der Waals surface area (Å²) in [6.07, 6.45) is 4.93. The van der Waals surface area contributed by atoms with Crippen molar-refractivity contribution in [3.05, 3.63) is 24.0 Å². The molecular formula is C13H19N3O. The predicted molar refractivity (Wildman–Crippen MR) is 67.5 cm³/mol. The van der Waals surface area contributed by atoms with Crippen molar-refractivity contribution < 1.29 is 4.79 Å². The van der Waals surface area contributed by atoms with Gasteiger partial charge in [-0.1, -0.05) is 20.3 Å². The van der Waals surface area contributed by atoms with E-state index in [0.717, 1.165) is 12.8 Å². The molecule has 1 heterocycles. The van der Waals surface area contributed by atoms with Crippen molar-refractivity contribution in [1.82, 2.24) is 10.3 Å². The molecule has 1 aromatic rings. The average Bonchev–Trinajstić information content (AvgIpc) is 2.58. The Morgan fingerprint density at radius 3 is 2.94 bits per heavy atom. The van der Waals surface area contributed by atoms with E-state index in [-0.39, 0.29) is 17.4 Å². The number of carbonyl (C=O) groups is 1. The van der Waals surface area contributed by atoms with E-state index in [0.29, 0.717) is 11.4 Å². The summed E-state index contributed by atoms with van der Waals surface area (Å²) in [6.45, 7) is 4.38. The number of nitrogen functional groups attached to an aromatic ring is 1. The van der Waals surface area contributed by atoms with Crippen LogP contribution in [0.1, 0.15) is 43.6 Å². The smallest absolute Gasteiger partial charge is 0.270 e. The number of hydrogen-bond donors (Lipinski definition) is 2. The molecule has 92 valence electrons. The first-order valence-corrected chi connectivity index (χ1v) is 6.01. The molecule has 1 saturated carbocycles. The minimum atomic E-state index is -0.128. The fraction of sp³-hybridized carbons (Fsp3) is 0.538. The highest BCUT2D eigenvalue weighted by atomic mass is 16.1. The number of pyridine rings is 1. The maximum atomic E-state index is 12.0. The second kappa shape index (κ2) is 4.35. The Bertz CT molecular complexity index is 428. The van der Waals surface area contributed by atoms with Crippen molar-refractivity contribution in [3.63, 3.8) is 0 Å². The van der Waals surface area contributed by atoms with Gasteiger partial charge in [-0.15, -0.1) is 0 Å². The first-order valence-electron chi connectivity index (χ1n) is 6.01. The molecule has 1 amide bonds. The number of nitrogens with two attached hydrogens (primary N) is 1. The average molecular weight is 233 g/mol. The van der Waals surface area contributed by atoms with Crippen molar-refractivity contribution in [2.75, 3.05) is 5.73 Å². The minimum Gasteiger partial charge on any atom is -0.399 e. The van der Waals surface area contributed by atoms with Crippen LogP contribution >= 0.6 is 0 Å². The van der Waals surface area contributed by atoms with Crippen LogP contribution in [0, 0.1) is 5.41 Å². The van der Waals surface area contributed by atoms with Gasteiger partial charge in [-0.2, -0.15) is 0 Å². The van der Waals surface area contributed by atoms with Gasteiger partial charge in [0.15, 0.2) is 0 Å². The van der Waals surface area contributed by atoms with Gasteiger partial charge >= 0.3 is 0 Å². The summed E-state index contributed by atoms with van der Waals surface area (Å²) in [5.41, 5.74) is 6.78. The number of anilines is 1. The lowest BCUT2D eigenvalue weighted by Gasteiger charge is -2.27. The van der Waals surface area contributed by atoms with Crippen LogP contribution in [0.25, 0.3) is 0 Å². The number of carbonyl (C=O) groups excluding carboxylic acids is 1. The van der Waals surface area contributed by atoms with Gasteiger partial charge in [0.1, 0.15) is 5.69 Å². The lowest BCUT2D eigenvalue weighted by atomic mass is 9.87. The Morgan fingerprint density at radius 2 is 2.35 bits per heavy atom. The summed E-state index contributed by atoms with van der Waals surface area (Å²) in [5, 5.41) is 3.06. The molecular weight excluding hydrogens is 214 g/mol. The molecule has 1 fully saturated rings. The standard InChI is InChI=1S/C13H19N3O/c1-13(2)6-3-4-11(13)16-12(17)10-8-9(14)5-7-15-10/h5,7-8,11H,3-4,6H2,1-2H3,(H2,14,15)(H,16,17). The zero-order chi connectivity index (χ0) is 12.5. The molecule has 1 atom stereocenters. The second-order valence-corrected chi connectivity index (χ2v) is 5.38. The highest BCUT2D eigenvalue weighted by Gasteiger charge is 2.35. The second-order valence-electron chi connectivity index (χ2n) is 5.38. The Balaban J connectivity index is 2.07. The Hall–Kier alpha value is -1.58. The lowest BCUT2D eigenvalue weighted by Crippen LogP contribution is -2.41. The van der Waals surface area contributed by atoms with Gasteiger partial charge in [-0.3, -0.25) is 9.78 Å². The first kappa shape index (κ1) is 11.9. The summed E-state index contributed by atoms with van der Waals surface area (Å²) < 4.78 is 0. The zero-order valence-electron chi connectivity index (χ0n) is 10.4. The van der Waals surface area contributed by atoms with Crippen molar-refractivity contribution in [2.45, 2.75) is 39.2 Å². The van der Waals surface area contributed by atoms with Crippen LogP contribution in [0.4, 0.5) is 5.69 Å². The number of aromatic nitrogens is 1. The molecule has 0 aromatic carbocycles. The topological polar surface area (TPSA) is 68.0 Å². The molecule has 0 aliphatic heterocycles. The minimum absolute atomic E-state index is 0.128. The van der Waals surface area contributed by atoms with Gasteiger partial charge in [-0.25, -0.2) is 0 Å². The molecule has 0 bridgehead atoms. The summed E-state index contributed by atoms with van der Waals surface area (Å²) >= 11 is 0. The SMILES string of the molecule is CC1(C)CCCC1NC(=O)c1cc(N)ccn1. The van der Waals surface area contributed by atoms with Gasteiger partial charge in [0.25, 0.3) is 5.91 Å². The molecule has 2 rings (SSSR count). The van der Waals surface area contributed by atoms with E-state index in [1.165, 1.54) is 6.42 Å². The van der Waals surface area contributed by atoms with Gasteiger partial charge < -0.3 is 11.1 Å². The highest BCUT2D eigenvalue weighted by Crippen LogP contribution is 2.37. The van der Waals surface area contributed by atoms with E-state index in [1.807, 2.05) is 0 Å². The van der Waals surface area contributed by atoms with Crippen LogP contribution in [0.5, 0.6) is 0 Å². The number of nitrogens with zero attached hydrogens (tertiary/aromatic N) is 1. The van der Waals surface area contributed by atoms with Crippen molar-refractivity contribution in [2.24, 2.45) is 5.41 Å².